The molecule has 0 saturated carbocycles. The van der Waals surface area contributed by atoms with Gasteiger partial charge in [0.1, 0.15) is 16.1 Å². The highest BCUT2D eigenvalue weighted by atomic mass is 35.5. The molecule has 1 atom stereocenters. The lowest BCUT2D eigenvalue weighted by Crippen LogP contribution is -2.19. The van der Waals surface area contributed by atoms with E-state index < -0.39 is 23.9 Å². The van der Waals surface area contributed by atoms with E-state index in [2.05, 4.69) is 0 Å². The third kappa shape index (κ3) is 4.46. The molecule has 43 heavy (non-hydrogen) atoms. The van der Waals surface area contributed by atoms with Crippen molar-refractivity contribution in [2.24, 2.45) is 0 Å². The molecule has 2 aromatic heterocycles. The molecule has 3 aromatic carbocycles. The first-order valence-electron chi connectivity index (χ1n) is 13.2. The average molecular weight is 652 g/mol. The molecule has 7 nitrogen and oxygen atoms in total. The zero-order valence-electron chi connectivity index (χ0n) is 21.9. The van der Waals surface area contributed by atoms with E-state index in [-0.39, 0.29) is 38.0 Å². The largest absolute Gasteiger partial charge is 0.422 e. The number of nitrogens with zero attached hydrogens (tertiary/aromatic N) is 2. The molecular weight excluding hydrogens is 634 g/mol. The summed E-state index contributed by atoms with van der Waals surface area (Å²) in [6.07, 6.45) is 1.09. The lowest BCUT2D eigenvalue weighted by atomic mass is 9.94. The molecule has 4 heterocycles. The second-order valence-corrected chi connectivity index (χ2v) is 11.6. The molecule has 2 aliphatic heterocycles. The first-order valence-corrected chi connectivity index (χ1v) is 14.7. The number of carbonyl (C=O) groups excluding carboxylic acids is 3. The van der Waals surface area contributed by atoms with Crippen LogP contribution < -0.4 is 9.47 Å². The molecular formula is C32H18Cl4N2O5. The normalized spacial score (nSPS) is 14.8. The summed E-state index contributed by atoms with van der Waals surface area (Å²) < 4.78 is 15.2. The van der Waals surface area contributed by atoms with E-state index in [4.69, 9.17) is 55.9 Å². The number of aryl methyl sites for hydroxylation is 1. The van der Waals surface area contributed by atoms with Crippen molar-refractivity contribution in [2.45, 2.75) is 18.9 Å². The Kier molecular flexibility index (Phi) is 6.86. The van der Waals surface area contributed by atoms with E-state index >= 15 is 0 Å². The van der Waals surface area contributed by atoms with Crippen LogP contribution in [0.15, 0.2) is 78.9 Å². The molecule has 214 valence electrons. The second-order valence-electron chi connectivity index (χ2n) is 10.1. The van der Waals surface area contributed by atoms with Gasteiger partial charge in [-0.25, -0.2) is 9.59 Å². The Labute approximate surface area is 265 Å². The zero-order chi connectivity index (χ0) is 30.0. The fourth-order valence-corrected chi connectivity index (χ4v) is 6.64. The number of esters is 2. The van der Waals surface area contributed by atoms with Crippen molar-refractivity contribution in [1.82, 2.24) is 9.13 Å². The van der Waals surface area contributed by atoms with Gasteiger partial charge in [-0.1, -0.05) is 82.8 Å². The molecule has 0 bridgehead atoms. The Morgan fingerprint density at radius 3 is 2.02 bits per heavy atom. The molecule has 7 rings (SSSR count). The van der Waals surface area contributed by atoms with Gasteiger partial charge in [-0.15, -0.1) is 0 Å². The highest BCUT2D eigenvalue weighted by molar-refractivity contribution is 6.43. The molecule has 11 heteroatoms. The monoisotopic (exact) mass is 650 g/mol. The van der Waals surface area contributed by atoms with Gasteiger partial charge in [0.2, 0.25) is 0 Å². The number of benzene rings is 3. The summed E-state index contributed by atoms with van der Waals surface area (Å²) in [6, 6.07) is 21.1. The van der Waals surface area contributed by atoms with E-state index in [1.54, 1.807) is 77.4 Å². The lowest BCUT2D eigenvalue weighted by molar-refractivity contribution is 0.0727. The van der Waals surface area contributed by atoms with Crippen molar-refractivity contribution in [3.63, 3.8) is 0 Å². The summed E-state index contributed by atoms with van der Waals surface area (Å²) >= 11 is 25.8. The minimum atomic E-state index is -0.709. The Hall–Kier alpha value is -4.01. The Morgan fingerprint density at radius 2 is 1.37 bits per heavy atom. The second kappa shape index (κ2) is 10.6. The first kappa shape index (κ1) is 27.8. The highest BCUT2D eigenvalue weighted by Gasteiger charge is 2.41. The van der Waals surface area contributed by atoms with E-state index in [0.717, 1.165) is 5.69 Å². The molecule has 0 radical (unpaired) electrons. The van der Waals surface area contributed by atoms with Crippen LogP contribution in [0.2, 0.25) is 20.4 Å². The summed E-state index contributed by atoms with van der Waals surface area (Å²) in [5.41, 5.74) is 2.48. The summed E-state index contributed by atoms with van der Waals surface area (Å²) in [7, 11) is 0. The van der Waals surface area contributed by atoms with Crippen LogP contribution in [0, 0.1) is 0 Å². The first-order chi connectivity index (χ1) is 20.7. The SMILES string of the molecule is O=C(Oc1cc2c(c(OC(=O)c3ccccc3)c1[C@@H]1CCc3cc(Cl)c(Cl)n31)C(=O)n1c-2cc(Cl)c1Cl)c1ccccc1. The Balaban J connectivity index is 1.50. The van der Waals surface area contributed by atoms with Crippen molar-refractivity contribution in [3.8, 4) is 22.8 Å². The van der Waals surface area contributed by atoms with Gasteiger partial charge in [-0.3, -0.25) is 9.36 Å². The van der Waals surface area contributed by atoms with Crippen LogP contribution in [0.4, 0.5) is 0 Å². The Bertz CT molecular complexity index is 1980. The summed E-state index contributed by atoms with van der Waals surface area (Å²) in [5, 5.41) is 0.792. The van der Waals surface area contributed by atoms with Gasteiger partial charge in [0, 0.05) is 11.3 Å². The standard InChI is InChI=1S/C32H18Cl4N2O5/c33-20-13-18-11-12-22(37(18)28(20)35)26-24(42-31(40)16-7-3-1-4-8-16)14-19-23-15-21(34)29(36)38(23)30(39)25(19)27(26)43-32(41)17-9-5-2-6-10-17/h1-10,13-15,22H,11-12H2/t22-/m0/s1. The molecule has 0 amide bonds. The van der Waals surface area contributed by atoms with Crippen molar-refractivity contribution in [2.75, 3.05) is 0 Å². The predicted molar refractivity (Wildman–Crippen MR) is 163 cm³/mol. The summed E-state index contributed by atoms with van der Waals surface area (Å²) in [6.45, 7) is 0. The van der Waals surface area contributed by atoms with Gasteiger partial charge in [-0.05, 0) is 55.3 Å². The van der Waals surface area contributed by atoms with Crippen LogP contribution in [0.25, 0.3) is 11.3 Å². The van der Waals surface area contributed by atoms with E-state index in [9.17, 15) is 14.4 Å². The van der Waals surface area contributed by atoms with Gasteiger partial charge in [0.15, 0.2) is 5.75 Å². The van der Waals surface area contributed by atoms with Crippen LogP contribution in [-0.4, -0.2) is 27.0 Å². The third-order valence-electron chi connectivity index (χ3n) is 7.62. The minimum Gasteiger partial charge on any atom is -0.422 e. The van der Waals surface area contributed by atoms with Crippen molar-refractivity contribution in [3.05, 3.63) is 127 Å². The lowest BCUT2D eigenvalue weighted by Gasteiger charge is -2.24. The highest BCUT2D eigenvalue weighted by Crippen LogP contribution is 2.53. The number of aromatic nitrogens is 2. The maximum Gasteiger partial charge on any atom is 0.343 e. The van der Waals surface area contributed by atoms with Crippen LogP contribution in [0.5, 0.6) is 11.5 Å². The molecule has 0 saturated heterocycles. The molecule has 2 aliphatic rings. The van der Waals surface area contributed by atoms with E-state index in [1.165, 1.54) is 10.6 Å². The molecule has 0 unspecified atom stereocenters. The van der Waals surface area contributed by atoms with Crippen molar-refractivity contribution in [1.29, 1.82) is 0 Å². The maximum atomic E-state index is 14.0. The topological polar surface area (TPSA) is 79.5 Å². The minimum absolute atomic E-state index is 0.00553. The van der Waals surface area contributed by atoms with E-state index in [0.29, 0.717) is 40.2 Å². The summed E-state index contributed by atoms with van der Waals surface area (Å²) in [5.74, 6) is -1.89. The van der Waals surface area contributed by atoms with Crippen LogP contribution in [0.3, 0.4) is 0 Å². The van der Waals surface area contributed by atoms with Crippen molar-refractivity contribution < 1.29 is 23.9 Å². The van der Waals surface area contributed by atoms with Crippen LogP contribution in [0.1, 0.15) is 54.8 Å². The zero-order valence-corrected chi connectivity index (χ0v) is 25.0. The van der Waals surface area contributed by atoms with Gasteiger partial charge >= 0.3 is 11.9 Å². The van der Waals surface area contributed by atoms with E-state index in [1.807, 2.05) is 0 Å². The van der Waals surface area contributed by atoms with Gasteiger partial charge in [0.05, 0.1) is 44.0 Å². The molecule has 0 aliphatic carbocycles. The number of fused-ring (bicyclic) bond motifs is 4. The number of rotatable bonds is 5. The number of ether oxygens (including phenoxy) is 2. The van der Waals surface area contributed by atoms with Crippen LogP contribution >= 0.6 is 46.4 Å². The molecule has 5 aromatic rings. The fraction of sp³-hybridized carbons (Fsp3) is 0.0938. The van der Waals surface area contributed by atoms with Gasteiger partial charge in [0.25, 0.3) is 5.91 Å². The number of carbonyl (C=O) groups is 3. The van der Waals surface area contributed by atoms with Crippen LogP contribution in [-0.2, 0) is 6.42 Å². The molecule has 0 fully saturated rings. The average Bonchev–Trinajstić information content (AvgIpc) is 3.71. The predicted octanol–water partition coefficient (Wildman–Crippen LogP) is 8.55. The van der Waals surface area contributed by atoms with Crippen molar-refractivity contribution >= 4 is 64.2 Å². The third-order valence-corrected chi connectivity index (χ3v) is 9.15. The Morgan fingerprint density at radius 1 is 0.767 bits per heavy atom. The molecule has 0 N–H and O–H groups in total. The smallest absolute Gasteiger partial charge is 0.343 e. The molecule has 0 spiro atoms. The van der Waals surface area contributed by atoms with Gasteiger partial charge < -0.3 is 14.0 Å². The van der Waals surface area contributed by atoms with Gasteiger partial charge in [-0.2, -0.15) is 0 Å². The maximum absolute atomic E-state index is 14.0. The summed E-state index contributed by atoms with van der Waals surface area (Å²) in [4.78, 5) is 40.9. The fourth-order valence-electron chi connectivity index (χ4n) is 5.73. The number of hydrogen-bond acceptors (Lipinski definition) is 5. The quantitative estimate of drug-likeness (QED) is 0.138. The number of halogens is 4. The number of hydrogen-bond donors (Lipinski definition) is 0.